The van der Waals surface area contributed by atoms with Gasteiger partial charge in [-0.05, 0) is 19.4 Å². The lowest BCUT2D eigenvalue weighted by Crippen LogP contribution is -2.37. The van der Waals surface area contributed by atoms with Crippen LogP contribution in [-0.4, -0.2) is 49.3 Å². The number of hydrogen-bond donors (Lipinski definition) is 1. The second-order valence-electron chi connectivity index (χ2n) is 5.11. The van der Waals surface area contributed by atoms with E-state index in [1.165, 1.54) is 0 Å². The van der Waals surface area contributed by atoms with Crippen LogP contribution in [-0.2, 0) is 29.4 Å². The summed E-state index contributed by atoms with van der Waals surface area (Å²) in [7, 11) is 3.63. The van der Waals surface area contributed by atoms with Gasteiger partial charge in [-0.15, -0.1) is 0 Å². The molecular weight excluding hydrogens is 290 g/mol. The van der Waals surface area contributed by atoms with Crippen molar-refractivity contribution in [2.24, 2.45) is 7.05 Å². The van der Waals surface area contributed by atoms with Gasteiger partial charge in [0, 0.05) is 26.6 Å². The minimum atomic E-state index is 0.236. The monoisotopic (exact) mass is 317 g/mol. The Balaban J connectivity index is 2.64. The van der Waals surface area contributed by atoms with Gasteiger partial charge >= 0.3 is 0 Å². The Morgan fingerprint density at radius 1 is 1.33 bits per heavy atom. The average Bonchev–Trinajstić information content (AvgIpc) is 2.75. The van der Waals surface area contributed by atoms with E-state index < -0.39 is 0 Å². The molecule has 6 heteroatoms. The molecule has 1 heterocycles. The largest absolute Gasteiger partial charge is 0.382 e. The highest BCUT2D eigenvalue weighted by molar-refractivity contribution is 6.31. The summed E-state index contributed by atoms with van der Waals surface area (Å²) in [6, 6.07) is 0.236. The number of rotatable bonds is 11. The standard InChI is InChI=1S/C15H28ClN3O2/c1-5-7-17-12(11-21-9-8-20-4)10-14-15(16)13(6-2)18-19(14)3/h12,17H,5-11H2,1-4H3. The van der Waals surface area contributed by atoms with Gasteiger partial charge in [0.25, 0.3) is 0 Å². The van der Waals surface area contributed by atoms with Gasteiger partial charge in [0.15, 0.2) is 0 Å². The number of aromatic nitrogens is 2. The van der Waals surface area contributed by atoms with Gasteiger partial charge < -0.3 is 14.8 Å². The third-order valence-corrected chi connectivity index (χ3v) is 3.81. The maximum absolute atomic E-state index is 6.42. The molecule has 5 nitrogen and oxygen atoms in total. The van der Waals surface area contributed by atoms with Crippen LogP contribution in [0.2, 0.25) is 5.02 Å². The molecule has 1 N–H and O–H groups in total. The van der Waals surface area contributed by atoms with E-state index in [1.54, 1.807) is 7.11 Å². The third-order valence-electron chi connectivity index (χ3n) is 3.38. The lowest BCUT2D eigenvalue weighted by Gasteiger charge is -2.19. The van der Waals surface area contributed by atoms with Crippen LogP contribution in [0.3, 0.4) is 0 Å². The highest BCUT2D eigenvalue weighted by Crippen LogP contribution is 2.22. The number of methoxy groups -OCH3 is 1. The van der Waals surface area contributed by atoms with Gasteiger partial charge in [-0.2, -0.15) is 5.10 Å². The molecule has 1 aromatic heterocycles. The number of nitrogens with one attached hydrogen (secondary N) is 1. The fraction of sp³-hybridized carbons (Fsp3) is 0.800. The Morgan fingerprint density at radius 2 is 2.10 bits per heavy atom. The summed E-state index contributed by atoms with van der Waals surface area (Å²) in [5.41, 5.74) is 2.03. The van der Waals surface area contributed by atoms with Crippen molar-refractivity contribution in [3.8, 4) is 0 Å². The Kier molecular flexibility index (Phi) is 8.92. The first kappa shape index (κ1) is 18.4. The topological polar surface area (TPSA) is 48.3 Å². The molecule has 1 atom stereocenters. The van der Waals surface area contributed by atoms with Crippen LogP contribution in [0.4, 0.5) is 0 Å². The SMILES string of the molecule is CCCNC(COCCOC)Cc1c(Cl)c(CC)nn1C. The molecule has 0 saturated heterocycles. The molecule has 0 spiro atoms. The van der Waals surface area contributed by atoms with Gasteiger partial charge in [-0.1, -0.05) is 25.4 Å². The molecule has 1 aromatic rings. The fourth-order valence-corrected chi connectivity index (χ4v) is 2.55. The van der Waals surface area contributed by atoms with Crippen molar-refractivity contribution in [1.29, 1.82) is 0 Å². The zero-order chi connectivity index (χ0) is 15.7. The van der Waals surface area contributed by atoms with Crippen LogP contribution in [0.1, 0.15) is 31.7 Å². The molecule has 0 saturated carbocycles. The van der Waals surface area contributed by atoms with Gasteiger partial charge in [-0.3, -0.25) is 4.68 Å². The quantitative estimate of drug-likeness (QED) is 0.636. The maximum atomic E-state index is 6.42. The third kappa shape index (κ3) is 5.94. The molecule has 0 aromatic carbocycles. The summed E-state index contributed by atoms with van der Waals surface area (Å²) in [6.07, 6.45) is 2.76. The highest BCUT2D eigenvalue weighted by atomic mass is 35.5. The maximum Gasteiger partial charge on any atom is 0.0850 e. The van der Waals surface area contributed by atoms with Crippen molar-refractivity contribution in [3.63, 3.8) is 0 Å². The van der Waals surface area contributed by atoms with Crippen LogP contribution < -0.4 is 5.32 Å². The van der Waals surface area contributed by atoms with Gasteiger partial charge in [0.2, 0.25) is 0 Å². The normalized spacial score (nSPS) is 12.8. The summed E-state index contributed by atoms with van der Waals surface area (Å²) in [5.74, 6) is 0. The summed E-state index contributed by atoms with van der Waals surface area (Å²) >= 11 is 6.42. The summed E-state index contributed by atoms with van der Waals surface area (Å²) in [6.45, 7) is 7.06. The van der Waals surface area contributed by atoms with Crippen LogP contribution in [0.25, 0.3) is 0 Å². The second kappa shape index (κ2) is 10.2. The van der Waals surface area contributed by atoms with Gasteiger partial charge in [0.1, 0.15) is 0 Å². The van der Waals surface area contributed by atoms with Crippen LogP contribution in [0.15, 0.2) is 0 Å². The molecule has 0 radical (unpaired) electrons. The number of aryl methyl sites for hydroxylation is 2. The van der Waals surface area contributed by atoms with Crippen molar-refractivity contribution < 1.29 is 9.47 Å². The fourth-order valence-electron chi connectivity index (χ4n) is 2.18. The molecule has 0 aliphatic carbocycles. The first-order valence-electron chi connectivity index (χ1n) is 7.64. The van der Waals surface area contributed by atoms with Gasteiger partial charge in [0.05, 0.1) is 36.2 Å². The highest BCUT2D eigenvalue weighted by Gasteiger charge is 2.18. The lowest BCUT2D eigenvalue weighted by atomic mass is 10.1. The molecule has 1 unspecified atom stereocenters. The number of ether oxygens (including phenoxy) is 2. The minimum Gasteiger partial charge on any atom is -0.382 e. The van der Waals surface area contributed by atoms with E-state index in [0.29, 0.717) is 19.8 Å². The minimum absolute atomic E-state index is 0.236. The lowest BCUT2D eigenvalue weighted by molar-refractivity contribution is 0.0585. The van der Waals surface area contributed by atoms with Crippen molar-refractivity contribution >= 4 is 11.6 Å². The predicted octanol–water partition coefficient (Wildman–Crippen LogP) is 2.21. The number of hydrogen-bond acceptors (Lipinski definition) is 4. The molecule has 21 heavy (non-hydrogen) atoms. The van der Waals surface area contributed by atoms with Crippen molar-refractivity contribution in [1.82, 2.24) is 15.1 Å². The summed E-state index contributed by atoms with van der Waals surface area (Å²) < 4.78 is 12.5. The number of nitrogens with zero attached hydrogens (tertiary/aromatic N) is 2. The van der Waals surface area contributed by atoms with E-state index in [0.717, 1.165) is 42.2 Å². The summed E-state index contributed by atoms with van der Waals surface area (Å²) in [5, 5.41) is 8.77. The van der Waals surface area contributed by atoms with Gasteiger partial charge in [-0.25, -0.2) is 0 Å². The first-order valence-corrected chi connectivity index (χ1v) is 8.02. The second-order valence-corrected chi connectivity index (χ2v) is 5.49. The molecule has 0 aliphatic rings. The Morgan fingerprint density at radius 3 is 2.67 bits per heavy atom. The van der Waals surface area contributed by atoms with Crippen molar-refractivity contribution in [2.75, 3.05) is 33.5 Å². The van der Waals surface area contributed by atoms with Crippen molar-refractivity contribution in [2.45, 2.75) is 39.2 Å². The molecular formula is C15H28ClN3O2. The van der Waals surface area contributed by atoms with E-state index in [-0.39, 0.29) is 6.04 Å². The van der Waals surface area contributed by atoms with E-state index in [4.69, 9.17) is 21.1 Å². The van der Waals surface area contributed by atoms with E-state index in [2.05, 4.69) is 24.3 Å². The smallest absolute Gasteiger partial charge is 0.0850 e. The summed E-state index contributed by atoms with van der Waals surface area (Å²) in [4.78, 5) is 0. The molecule has 122 valence electrons. The van der Waals surface area contributed by atoms with Crippen LogP contribution >= 0.6 is 11.6 Å². The Bertz CT molecular complexity index is 410. The average molecular weight is 318 g/mol. The van der Waals surface area contributed by atoms with Crippen LogP contribution in [0.5, 0.6) is 0 Å². The molecule has 0 fully saturated rings. The van der Waals surface area contributed by atoms with E-state index >= 15 is 0 Å². The predicted molar refractivity (Wildman–Crippen MR) is 86.1 cm³/mol. The molecule has 0 bridgehead atoms. The Hall–Kier alpha value is -0.620. The first-order chi connectivity index (χ1) is 10.1. The zero-order valence-corrected chi connectivity index (χ0v) is 14.4. The van der Waals surface area contributed by atoms with Crippen molar-refractivity contribution in [3.05, 3.63) is 16.4 Å². The van der Waals surface area contributed by atoms with E-state index in [9.17, 15) is 0 Å². The molecule has 1 rings (SSSR count). The molecule has 0 aliphatic heterocycles. The Labute approximate surface area is 132 Å². The molecule has 0 amide bonds. The zero-order valence-electron chi connectivity index (χ0n) is 13.6. The van der Waals surface area contributed by atoms with Crippen LogP contribution in [0, 0.1) is 0 Å². The number of halogens is 1. The van der Waals surface area contributed by atoms with E-state index in [1.807, 2.05) is 11.7 Å².